The lowest BCUT2D eigenvalue weighted by Gasteiger charge is -2.22. The quantitative estimate of drug-likeness (QED) is 0.903. The number of ether oxygens (including phenoxy) is 1. The molecule has 0 spiro atoms. The van der Waals surface area contributed by atoms with Gasteiger partial charge in [0.2, 0.25) is 5.91 Å². The molecule has 0 saturated carbocycles. The second-order valence-electron chi connectivity index (χ2n) is 6.99. The monoisotopic (exact) mass is 329 g/mol. The molecule has 128 valence electrons. The number of rotatable bonds is 5. The van der Waals surface area contributed by atoms with Crippen molar-refractivity contribution in [3.05, 3.63) is 65.0 Å². The molecule has 2 N–H and O–H groups in total. The average Bonchev–Trinajstić information content (AvgIpc) is 2.52. The Morgan fingerprint density at radius 3 is 2.29 bits per heavy atom. The van der Waals surface area contributed by atoms with E-state index >= 15 is 0 Å². The molecule has 1 unspecified atom stereocenters. The van der Waals surface area contributed by atoms with Gasteiger partial charge < -0.3 is 10.5 Å². The van der Waals surface area contributed by atoms with E-state index in [4.69, 9.17) is 10.5 Å². The maximum atomic E-state index is 13.1. The van der Waals surface area contributed by atoms with Crippen LogP contribution < -0.4 is 10.5 Å². The summed E-state index contributed by atoms with van der Waals surface area (Å²) in [5.74, 6) is -0.576. The summed E-state index contributed by atoms with van der Waals surface area (Å²) in [5.41, 5.74) is 8.33. The highest BCUT2D eigenvalue weighted by Gasteiger charge is 2.22. The van der Waals surface area contributed by atoms with Crippen molar-refractivity contribution in [1.82, 2.24) is 0 Å². The predicted octanol–water partition coefficient (Wildman–Crippen LogP) is 3.94. The fraction of sp³-hybridized carbons (Fsp3) is 0.350. The van der Waals surface area contributed by atoms with Crippen LogP contribution in [0.5, 0.6) is 5.75 Å². The van der Waals surface area contributed by atoms with E-state index in [0.29, 0.717) is 12.0 Å². The van der Waals surface area contributed by atoms with Crippen LogP contribution in [-0.2, 0) is 16.6 Å². The molecule has 0 heterocycles. The Kier molecular flexibility index (Phi) is 5.27. The van der Waals surface area contributed by atoms with Gasteiger partial charge in [0, 0.05) is 0 Å². The summed E-state index contributed by atoms with van der Waals surface area (Å²) in [6.45, 7) is 6.39. The van der Waals surface area contributed by atoms with Crippen LogP contribution in [0.15, 0.2) is 42.5 Å². The summed E-state index contributed by atoms with van der Waals surface area (Å²) in [4.78, 5) is 11.9. The number of halogens is 1. The van der Waals surface area contributed by atoms with E-state index in [1.54, 1.807) is 19.2 Å². The molecule has 24 heavy (non-hydrogen) atoms. The summed E-state index contributed by atoms with van der Waals surface area (Å²) in [6.07, 6.45) is 0.411. The molecule has 4 heteroatoms. The third-order valence-corrected chi connectivity index (χ3v) is 4.19. The maximum absolute atomic E-state index is 13.1. The van der Waals surface area contributed by atoms with Gasteiger partial charge in [0.25, 0.3) is 0 Å². The first-order chi connectivity index (χ1) is 11.2. The largest absolute Gasteiger partial charge is 0.496 e. The van der Waals surface area contributed by atoms with Gasteiger partial charge in [0.1, 0.15) is 11.6 Å². The number of amides is 1. The van der Waals surface area contributed by atoms with Gasteiger partial charge in [-0.25, -0.2) is 4.39 Å². The second kappa shape index (κ2) is 7.04. The molecule has 1 atom stereocenters. The zero-order chi connectivity index (χ0) is 17.9. The first-order valence-corrected chi connectivity index (χ1v) is 7.94. The molecule has 2 aromatic rings. The van der Waals surface area contributed by atoms with Crippen molar-refractivity contribution in [2.24, 2.45) is 5.73 Å². The lowest BCUT2D eigenvalue weighted by atomic mass is 9.84. The van der Waals surface area contributed by atoms with Crippen LogP contribution in [0, 0.1) is 5.82 Å². The van der Waals surface area contributed by atoms with Gasteiger partial charge in [-0.2, -0.15) is 0 Å². The molecule has 3 nitrogen and oxygen atoms in total. The number of nitrogens with two attached hydrogens (primary N) is 1. The normalized spacial score (nSPS) is 12.7. The summed E-state index contributed by atoms with van der Waals surface area (Å²) in [5, 5.41) is 0. The van der Waals surface area contributed by atoms with Crippen molar-refractivity contribution < 1.29 is 13.9 Å². The zero-order valence-corrected chi connectivity index (χ0v) is 14.6. The topological polar surface area (TPSA) is 52.3 Å². The van der Waals surface area contributed by atoms with Gasteiger partial charge in [0.05, 0.1) is 13.0 Å². The predicted molar refractivity (Wildman–Crippen MR) is 93.7 cm³/mol. The van der Waals surface area contributed by atoms with Crippen LogP contribution in [0.25, 0.3) is 0 Å². The van der Waals surface area contributed by atoms with E-state index in [-0.39, 0.29) is 11.2 Å². The van der Waals surface area contributed by atoms with Crippen LogP contribution in [-0.4, -0.2) is 13.0 Å². The minimum Gasteiger partial charge on any atom is -0.496 e. The molecular formula is C20H24FNO2. The molecule has 0 bridgehead atoms. The molecule has 0 saturated heterocycles. The minimum absolute atomic E-state index is 0.00581. The number of carbonyl (C=O) groups excluding carboxylic acids is 1. The van der Waals surface area contributed by atoms with E-state index in [1.165, 1.54) is 12.1 Å². The fourth-order valence-corrected chi connectivity index (χ4v) is 2.68. The number of hydrogen-bond acceptors (Lipinski definition) is 2. The van der Waals surface area contributed by atoms with Crippen molar-refractivity contribution in [3.63, 3.8) is 0 Å². The molecular weight excluding hydrogens is 305 g/mol. The number of methoxy groups -OCH3 is 1. The first kappa shape index (κ1) is 18.0. The van der Waals surface area contributed by atoms with Gasteiger partial charge in [0.15, 0.2) is 0 Å². The third kappa shape index (κ3) is 4.13. The van der Waals surface area contributed by atoms with Crippen LogP contribution in [0.1, 0.15) is 43.4 Å². The smallest absolute Gasteiger partial charge is 0.225 e. The molecule has 0 aromatic heterocycles. The summed E-state index contributed by atoms with van der Waals surface area (Å²) < 4.78 is 18.6. The SMILES string of the molecule is COc1cc(C(C)(C)C)ccc1CC(C(N)=O)c1ccc(F)cc1. The Labute approximate surface area is 142 Å². The van der Waals surface area contributed by atoms with E-state index in [9.17, 15) is 9.18 Å². The summed E-state index contributed by atoms with van der Waals surface area (Å²) in [7, 11) is 1.61. The Bertz CT molecular complexity index is 717. The highest BCUT2D eigenvalue weighted by Crippen LogP contribution is 2.31. The lowest BCUT2D eigenvalue weighted by Crippen LogP contribution is -2.23. The standard InChI is InChI=1S/C20H24FNO2/c1-20(2,3)15-8-5-14(18(12-15)24-4)11-17(19(22)23)13-6-9-16(21)10-7-13/h5-10,12,17H,11H2,1-4H3,(H2,22,23). The van der Waals surface area contributed by atoms with Gasteiger partial charge in [-0.05, 0) is 46.7 Å². The molecule has 0 aliphatic rings. The Morgan fingerprint density at radius 2 is 1.79 bits per heavy atom. The fourth-order valence-electron chi connectivity index (χ4n) is 2.68. The van der Waals surface area contributed by atoms with Gasteiger partial charge in [-0.15, -0.1) is 0 Å². The minimum atomic E-state index is -0.528. The molecule has 0 aliphatic heterocycles. The molecule has 0 fully saturated rings. The third-order valence-electron chi connectivity index (χ3n) is 4.19. The van der Waals surface area contributed by atoms with E-state index in [0.717, 1.165) is 16.9 Å². The number of hydrogen-bond donors (Lipinski definition) is 1. The summed E-state index contributed by atoms with van der Waals surface area (Å²) >= 11 is 0. The molecule has 0 radical (unpaired) electrons. The van der Waals surface area contributed by atoms with Gasteiger partial charge in [-0.1, -0.05) is 45.0 Å². The van der Waals surface area contributed by atoms with Crippen LogP contribution >= 0.6 is 0 Å². The Balaban J connectivity index is 2.36. The van der Waals surface area contributed by atoms with Crippen molar-refractivity contribution in [2.45, 2.75) is 38.5 Å². The Hall–Kier alpha value is -2.36. The number of carbonyl (C=O) groups is 1. The average molecular weight is 329 g/mol. The van der Waals surface area contributed by atoms with Gasteiger partial charge >= 0.3 is 0 Å². The summed E-state index contributed by atoms with van der Waals surface area (Å²) in [6, 6.07) is 11.9. The Morgan fingerprint density at radius 1 is 1.17 bits per heavy atom. The van der Waals surface area contributed by atoms with E-state index in [2.05, 4.69) is 20.8 Å². The second-order valence-corrected chi connectivity index (χ2v) is 6.99. The lowest BCUT2D eigenvalue weighted by molar-refractivity contribution is -0.119. The first-order valence-electron chi connectivity index (χ1n) is 7.94. The van der Waals surface area contributed by atoms with Crippen LogP contribution in [0.4, 0.5) is 4.39 Å². The molecule has 0 aliphatic carbocycles. The maximum Gasteiger partial charge on any atom is 0.225 e. The molecule has 2 aromatic carbocycles. The number of benzene rings is 2. The van der Waals surface area contributed by atoms with Gasteiger partial charge in [-0.3, -0.25) is 4.79 Å². The molecule has 1 amide bonds. The van der Waals surface area contributed by atoms with Crippen molar-refractivity contribution in [1.29, 1.82) is 0 Å². The van der Waals surface area contributed by atoms with Crippen molar-refractivity contribution in [2.75, 3.05) is 7.11 Å². The van der Waals surface area contributed by atoms with Crippen LogP contribution in [0.2, 0.25) is 0 Å². The molecule has 2 rings (SSSR count). The van der Waals surface area contributed by atoms with E-state index in [1.807, 2.05) is 18.2 Å². The van der Waals surface area contributed by atoms with Crippen molar-refractivity contribution in [3.8, 4) is 5.75 Å². The zero-order valence-electron chi connectivity index (χ0n) is 14.6. The van der Waals surface area contributed by atoms with Crippen LogP contribution in [0.3, 0.4) is 0 Å². The van der Waals surface area contributed by atoms with E-state index < -0.39 is 11.8 Å². The van der Waals surface area contributed by atoms with Crippen molar-refractivity contribution >= 4 is 5.91 Å². The number of primary amides is 1. The highest BCUT2D eigenvalue weighted by atomic mass is 19.1. The highest BCUT2D eigenvalue weighted by molar-refractivity contribution is 5.82.